The number of non-ortho nitro benzene ring substituents is 1. The minimum Gasteiger partial charge on any atom is -0.508 e. The first kappa shape index (κ1) is 16.8. The van der Waals surface area contributed by atoms with Crippen molar-refractivity contribution in [2.45, 2.75) is 23.6 Å². The minimum absolute atomic E-state index is 0.0338. The van der Waals surface area contributed by atoms with Crippen molar-refractivity contribution in [2.75, 3.05) is 0 Å². The first-order valence-electron chi connectivity index (χ1n) is 6.93. The molecule has 1 atom stereocenters. The van der Waals surface area contributed by atoms with E-state index in [1.54, 1.807) is 6.92 Å². The summed E-state index contributed by atoms with van der Waals surface area (Å²) < 4.78 is 0. The quantitative estimate of drug-likeness (QED) is 0.482. The Morgan fingerprint density at radius 1 is 1.30 bits per heavy atom. The number of hydrogen-bond acceptors (Lipinski definition) is 5. The van der Waals surface area contributed by atoms with Crippen LogP contribution in [0.3, 0.4) is 0 Å². The lowest BCUT2D eigenvalue weighted by atomic mass is 10.1. The molecular formula is C16H16N2O4S. The molecule has 120 valence electrons. The van der Waals surface area contributed by atoms with E-state index in [4.69, 9.17) is 0 Å². The van der Waals surface area contributed by atoms with E-state index in [0.717, 1.165) is 4.90 Å². The number of phenolic OH excluding ortho intramolecular Hbond substituents is 1. The molecule has 2 rings (SSSR count). The molecular weight excluding hydrogens is 316 g/mol. The van der Waals surface area contributed by atoms with Gasteiger partial charge in [-0.3, -0.25) is 14.9 Å². The van der Waals surface area contributed by atoms with Crippen LogP contribution in [0.15, 0.2) is 53.4 Å². The zero-order valence-electron chi connectivity index (χ0n) is 12.4. The number of nitrogens with zero attached hydrogens (tertiary/aromatic N) is 1. The van der Waals surface area contributed by atoms with Crippen molar-refractivity contribution >= 4 is 23.4 Å². The van der Waals surface area contributed by atoms with Gasteiger partial charge in [0.1, 0.15) is 5.75 Å². The minimum atomic E-state index is -0.543. The lowest BCUT2D eigenvalue weighted by Crippen LogP contribution is -2.30. The fraction of sp³-hybridized carbons (Fsp3) is 0.188. The Bertz CT molecular complexity index is 706. The summed E-state index contributed by atoms with van der Waals surface area (Å²) >= 11 is 1.42. The normalized spacial score (nSPS) is 11.7. The maximum absolute atomic E-state index is 12.1. The maximum atomic E-state index is 12.1. The Balaban J connectivity index is 1.96. The standard InChI is InChI=1S/C16H16N2O4S/c1-11(23-14-5-3-2-4-6-14)16(20)17-10-12-9-13(18(21)22)7-8-15(12)19/h2-9,11,19H,10H2,1H3,(H,17,20)/t11-/m0/s1. The van der Waals surface area contributed by atoms with Crippen molar-refractivity contribution in [1.82, 2.24) is 5.32 Å². The fourth-order valence-corrected chi connectivity index (χ4v) is 2.82. The molecule has 0 saturated carbocycles. The van der Waals surface area contributed by atoms with Gasteiger partial charge in [-0.05, 0) is 25.1 Å². The van der Waals surface area contributed by atoms with Crippen molar-refractivity contribution in [1.29, 1.82) is 0 Å². The molecule has 0 aliphatic carbocycles. The molecule has 0 aliphatic rings. The zero-order chi connectivity index (χ0) is 16.8. The van der Waals surface area contributed by atoms with Crippen LogP contribution in [0.5, 0.6) is 5.75 Å². The predicted molar refractivity (Wildman–Crippen MR) is 88.4 cm³/mol. The number of nitro groups is 1. The number of amides is 1. The predicted octanol–water partition coefficient (Wildman–Crippen LogP) is 3.10. The highest BCUT2D eigenvalue weighted by molar-refractivity contribution is 8.00. The van der Waals surface area contributed by atoms with E-state index in [9.17, 15) is 20.0 Å². The van der Waals surface area contributed by atoms with Crippen LogP contribution in [0.25, 0.3) is 0 Å². The van der Waals surface area contributed by atoms with E-state index in [1.807, 2.05) is 30.3 Å². The van der Waals surface area contributed by atoms with Gasteiger partial charge in [-0.15, -0.1) is 11.8 Å². The number of aromatic hydroxyl groups is 1. The molecule has 0 heterocycles. The monoisotopic (exact) mass is 332 g/mol. The summed E-state index contributed by atoms with van der Waals surface area (Å²) in [5, 5.41) is 22.8. The summed E-state index contributed by atoms with van der Waals surface area (Å²) in [6.07, 6.45) is 0. The molecule has 2 aromatic carbocycles. The van der Waals surface area contributed by atoms with Gasteiger partial charge in [-0.25, -0.2) is 0 Å². The summed E-state index contributed by atoms with van der Waals surface area (Å²) in [5.74, 6) is -0.288. The Kier molecular flexibility index (Phi) is 5.59. The van der Waals surface area contributed by atoms with Crippen LogP contribution >= 0.6 is 11.8 Å². The molecule has 0 saturated heterocycles. The van der Waals surface area contributed by atoms with Gasteiger partial charge < -0.3 is 10.4 Å². The summed E-state index contributed by atoms with van der Waals surface area (Å²) in [5.41, 5.74) is 0.184. The largest absolute Gasteiger partial charge is 0.508 e. The Morgan fingerprint density at radius 2 is 2.00 bits per heavy atom. The number of carbonyl (C=O) groups excluding carboxylic acids is 1. The van der Waals surface area contributed by atoms with Crippen molar-refractivity contribution in [2.24, 2.45) is 0 Å². The number of phenols is 1. The second-order valence-electron chi connectivity index (χ2n) is 4.86. The lowest BCUT2D eigenvalue weighted by molar-refractivity contribution is -0.384. The summed E-state index contributed by atoms with van der Waals surface area (Å²) in [6, 6.07) is 13.3. The van der Waals surface area contributed by atoms with Crippen LogP contribution in [0.1, 0.15) is 12.5 Å². The number of thioether (sulfide) groups is 1. The molecule has 0 aliphatic heterocycles. The van der Waals surface area contributed by atoms with Crippen LogP contribution in [0, 0.1) is 10.1 Å². The number of nitrogens with one attached hydrogen (secondary N) is 1. The Hall–Kier alpha value is -2.54. The second-order valence-corrected chi connectivity index (χ2v) is 6.28. The van der Waals surface area contributed by atoms with E-state index in [1.165, 1.54) is 30.0 Å². The zero-order valence-corrected chi connectivity index (χ0v) is 13.2. The molecule has 0 spiro atoms. The average molecular weight is 332 g/mol. The third-order valence-corrected chi connectivity index (χ3v) is 4.26. The van der Waals surface area contributed by atoms with Gasteiger partial charge in [-0.2, -0.15) is 0 Å². The van der Waals surface area contributed by atoms with Crippen molar-refractivity contribution < 1.29 is 14.8 Å². The van der Waals surface area contributed by atoms with Gasteiger partial charge in [0.05, 0.1) is 10.2 Å². The average Bonchev–Trinajstić information content (AvgIpc) is 2.54. The van der Waals surface area contributed by atoms with E-state index < -0.39 is 4.92 Å². The molecule has 0 fully saturated rings. The number of benzene rings is 2. The molecule has 0 aromatic heterocycles. The van der Waals surface area contributed by atoms with Crippen LogP contribution in [0.4, 0.5) is 5.69 Å². The lowest BCUT2D eigenvalue weighted by Gasteiger charge is -2.12. The first-order valence-corrected chi connectivity index (χ1v) is 7.81. The highest BCUT2D eigenvalue weighted by Gasteiger charge is 2.16. The van der Waals surface area contributed by atoms with Gasteiger partial charge in [0, 0.05) is 29.1 Å². The van der Waals surface area contributed by atoms with E-state index in [-0.39, 0.29) is 29.1 Å². The number of carbonyl (C=O) groups is 1. The molecule has 0 bridgehead atoms. The van der Waals surface area contributed by atoms with Gasteiger partial charge in [0.15, 0.2) is 0 Å². The summed E-state index contributed by atoms with van der Waals surface area (Å²) in [7, 11) is 0. The summed E-state index contributed by atoms with van der Waals surface area (Å²) in [6.45, 7) is 1.81. The highest BCUT2D eigenvalue weighted by Crippen LogP contribution is 2.24. The highest BCUT2D eigenvalue weighted by atomic mass is 32.2. The molecule has 0 radical (unpaired) electrons. The Morgan fingerprint density at radius 3 is 2.65 bits per heavy atom. The molecule has 0 unspecified atom stereocenters. The first-order chi connectivity index (χ1) is 11.0. The molecule has 23 heavy (non-hydrogen) atoms. The number of hydrogen-bond donors (Lipinski definition) is 2. The molecule has 2 aromatic rings. The smallest absolute Gasteiger partial charge is 0.270 e. The maximum Gasteiger partial charge on any atom is 0.270 e. The second kappa shape index (κ2) is 7.64. The third-order valence-electron chi connectivity index (χ3n) is 3.15. The van der Waals surface area contributed by atoms with Gasteiger partial charge in [0.2, 0.25) is 5.91 Å². The van der Waals surface area contributed by atoms with E-state index in [0.29, 0.717) is 5.56 Å². The van der Waals surface area contributed by atoms with Crippen molar-refractivity contribution in [3.05, 3.63) is 64.2 Å². The summed E-state index contributed by atoms with van der Waals surface area (Å²) in [4.78, 5) is 23.3. The van der Waals surface area contributed by atoms with Gasteiger partial charge in [0.25, 0.3) is 5.69 Å². The number of rotatable bonds is 6. The fourth-order valence-electron chi connectivity index (χ4n) is 1.91. The molecule has 7 heteroatoms. The number of nitro benzene ring substituents is 1. The Labute approximate surface area is 137 Å². The molecule has 6 nitrogen and oxygen atoms in total. The topological polar surface area (TPSA) is 92.5 Å². The van der Waals surface area contributed by atoms with Crippen molar-refractivity contribution in [3.63, 3.8) is 0 Å². The third kappa shape index (κ3) is 4.72. The van der Waals surface area contributed by atoms with Crippen LogP contribution in [0.2, 0.25) is 0 Å². The molecule has 2 N–H and O–H groups in total. The van der Waals surface area contributed by atoms with E-state index >= 15 is 0 Å². The van der Waals surface area contributed by atoms with E-state index in [2.05, 4.69) is 5.32 Å². The van der Waals surface area contributed by atoms with Crippen LogP contribution in [-0.4, -0.2) is 21.2 Å². The van der Waals surface area contributed by atoms with Crippen molar-refractivity contribution in [3.8, 4) is 5.75 Å². The van der Waals surface area contributed by atoms with Gasteiger partial charge >= 0.3 is 0 Å². The van der Waals surface area contributed by atoms with Crippen LogP contribution in [-0.2, 0) is 11.3 Å². The SMILES string of the molecule is C[C@H](Sc1ccccc1)C(=O)NCc1cc([N+](=O)[O-])ccc1O. The van der Waals surface area contributed by atoms with Gasteiger partial charge in [-0.1, -0.05) is 18.2 Å². The molecule has 1 amide bonds. The van der Waals surface area contributed by atoms with Crippen LogP contribution < -0.4 is 5.32 Å².